The van der Waals surface area contributed by atoms with E-state index in [0.717, 1.165) is 6.08 Å². The van der Waals surface area contributed by atoms with Crippen molar-refractivity contribution in [3.05, 3.63) is 65.2 Å². The third-order valence-electron chi connectivity index (χ3n) is 5.94. The maximum Gasteiger partial charge on any atom is 0.426 e. The van der Waals surface area contributed by atoms with Gasteiger partial charge in [0.25, 0.3) is 0 Å². The lowest BCUT2D eigenvalue weighted by atomic mass is 9.98. The molecular formula is C23H19ClF3NO3. The van der Waals surface area contributed by atoms with E-state index < -0.39 is 33.9 Å². The van der Waals surface area contributed by atoms with Crippen LogP contribution < -0.4 is 9.47 Å². The SMILES string of the molecule is CC1(C)C(C=C(Cl)C(F)(F)F)C1(C)C(=O)Oc1cccc(Oc2ccccc2)c1C#N. The van der Waals surface area contributed by atoms with Crippen LogP contribution in [0.4, 0.5) is 13.2 Å². The zero-order valence-electron chi connectivity index (χ0n) is 17.0. The Morgan fingerprint density at radius 2 is 1.71 bits per heavy atom. The summed E-state index contributed by atoms with van der Waals surface area (Å²) in [7, 11) is 0. The van der Waals surface area contributed by atoms with Crippen LogP contribution >= 0.6 is 11.6 Å². The van der Waals surface area contributed by atoms with Gasteiger partial charge in [-0.05, 0) is 36.6 Å². The van der Waals surface area contributed by atoms with Gasteiger partial charge in [-0.3, -0.25) is 4.79 Å². The maximum absolute atomic E-state index is 13.0. The Labute approximate surface area is 182 Å². The van der Waals surface area contributed by atoms with Crippen molar-refractivity contribution in [3.63, 3.8) is 0 Å². The molecule has 31 heavy (non-hydrogen) atoms. The number of benzene rings is 2. The number of hydrogen-bond acceptors (Lipinski definition) is 4. The number of halogens is 4. The quantitative estimate of drug-likeness (QED) is 0.381. The van der Waals surface area contributed by atoms with Gasteiger partial charge in [-0.25, -0.2) is 0 Å². The molecule has 0 saturated heterocycles. The van der Waals surface area contributed by atoms with Crippen LogP contribution in [0.25, 0.3) is 0 Å². The summed E-state index contributed by atoms with van der Waals surface area (Å²) in [4.78, 5) is 13.0. The molecule has 162 valence electrons. The first kappa shape index (κ1) is 22.7. The molecule has 0 spiro atoms. The van der Waals surface area contributed by atoms with Crippen LogP contribution in [0.1, 0.15) is 26.3 Å². The van der Waals surface area contributed by atoms with Crippen LogP contribution in [0, 0.1) is 28.1 Å². The number of rotatable bonds is 5. The van der Waals surface area contributed by atoms with Gasteiger partial charge in [0.1, 0.15) is 28.2 Å². The summed E-state index contributed by atoms with van der Waals surface area (Å²) in [6, 6.07) is 15.3. The summed E-state index contributed by atoms with van der Waals surface area (Å²) in [5.74, 6) is -0.885. The predicted molar refractivity (Wildman–Crippen MR) is 109 cm³/mol. The third-order valence-corrected chi connectivity index (χ3v) is 6.28. The van der Waals surface area contributed by atoms with Crippen molar-refractivity contribution < 1.29 is 27.4 Å². The maximum atomic E-state index is 13.0. The van der Waals surface area contributed by atoms with Crippen LogP contribution in [-0.4, -0.2) is 12.1 Å². The van der Waals surface area contributed by atoms with Crippen molar-refractivity contribution in [2.45, 2.75) is 26.9 Å². The summed E-state index contributed by atoms with van der Waals surface area (Å²) in [6.45, 7) is 4.85. The van der Waals surface area contributed by atoms with E-state index in [4.69, 9.17) is 21.1 Å². The Hall–Kier alpha value is -2.98. The van der Waals surface area contributed by atoms with E-state index in [2.05, 4.69) is 0 Å². The van der Waals surface area contributed by atoms with Crippen LogP contribution in [0.15, 0.2) is 59.6 Å². The van der Waals surface area contributed by atoms with Gasteiger partial charge < -0.3 is 9.47 Å². The smallest absolute Gasteiger partial charge is 0.426 e. The number of hydrogen-bond donors (Lipinski definition) is 0. The van der Waals surface area contributed by atoms with Gasteiger partial charge in [0.05, 0.1) is 5.41 Å². The first-order chi connectivity index (χ1) is 14.4. The highest BCUT2D eigenvalue weighted by atomic mass is 35.5. The molecule has 0 heterocycles. The molecule has 0 amide bonds. The number of carbonyl (C=O) groups excluding carboxylic acids is 1. The number of ether oxygens (including phenoxy) is 2. The van der Waals surface area contributed by atoms with Crippen LogP contribution in [0.3, 0.4) is 0 Å². The topological polar surface area (TPSA) is 59.3 Å². The minimum atomic E-state index is -4.69. The fraction of sp³-hybridized carbons (Fsp3) is 0.304. The standard InChI is InChI=1S/C23H19ClF3NO3/c1-21(2)18(12-19(24)23(25,26)27)22(21,3)20(29)31-17-11-7-10-16(15(17)13-28)30-14-8-5-4-6-9-14/h4-12,18H,1-3H3. The molecule has 1 saturated carbocycles. The van der Waals surface area contributed by atoms with Gasteiger partial charge in [-0.2, -0.15) is 18.4 Å². The Balaban J connectivity index is 1.87. The zero-order chi connectivity index (χ0) is 23.0. The number of allylic oxidation sites excluding steroid dienone is 2. The van der Waals surface area contributed by atoms with Crippen molar-refractivity contribution >= 4 is 17.6 Å². The Kier molecular flexibility index (Phi) is 5.81. The zero-order valence-corrected chi connectivity index (χ0v) is 17.7. The Morgan fingerprint density at radius 1 is 1.10 bits per heavy atom. The number of para-hydroxylation sites is 1. The van der Waals surface area contributed by atoms with E-state index in [9.17, 15) is 23.2 Å². The Morgan fingerprint density at radius 3 is 2.29 bits per heavy atom. The number of carbonyl (C=O) groups is 1. The second kappa shape index (κ2) is 7.93. The van der Waals surface area contributed by atoms with Crippen molar-refractivity contribution in [2.75, 3.05) is 0 Å². The second-order valence-corrected chi connectivity index (χ2v) is 8.37. The van der Waals surface area contributed by atoms with E-state index in [1.54, 1.807) is 50.2 Å². The predicted octanol–water partition coefficient (Wildman–Crippen LogP) is 6.60. The lowest BCUT2D eigenvalue weighted by Crippen LogP contribution is -2.24. The summed E-state index contributed by atoms with van der Waals surface area (Å²) in [5, 5.41) is 8.32. The lowest BCUT2D eigenvalue weighted by Gasteiger charge is -2.15. The van der Waals surface area contributed by atoms with Crippen LogP contribution in [-0.2, 0) is 4.79 Å². The average Bonchev–Trinajstić information content (AvgIpc) is 3.14. The second-order valence-electron chi connectivity index (χ2n) is 7.96. The van der Waals surface area contributed by atoms with Gasteiger partial charge in [0.2, 0.25) is 0 Å². The minimum absolute atomic E-state index is 0.00201. The highest BCUT2D eigenvalue weighted by Gasteiger charge is 2.72. The van der Waals surface area contributed by atoms with E-state index in [-0.39, 0.29) is 17.1 Å². The highest BCUT2D eigenvalue weighted by Crippen LogP contribution is 2.70. The molecule has 0 aliphatic heterocycles. The van der Waals surface area contributed by atoms with E-state index in [1.807, 2.05) is 12.1 Å². The summed E-state index contributed by atoms with van der Waals surface area (Å²) in [6.07, 6.45) is -3.84. The van der Waals surface area contributed by atoms with Crippen LogP contribution in [0.2, 0.25) is 0 Å². The van der Waals surface area contributed by atoms with Crippen LogP contribution in [0.5, 0.6) is 17.2 Å². The molecule has 1 fully saturated rings. The molecule has 0 aromatic heterocycles. The first-order valence-electron chi connectivity index (χ1n) is 9.35. The fourth-order valence-electron chi connectivity index (χ4n) is 3.64. The normalized spacial score (nSPS) is 22.4. The molecule has 2 atom stereocenters. The van der Waals surface area contributed by atoms with Gasteiger partial charge in [0.15, 0.2) is 5.75 Å². The molecular weight excluding hydrogens is 431 g/mol. The molecule has 8 heteroatoms. The third kappa shape index (κ3) is 4.13. The first-order valence-corrected chi connectivity index (χ1v) is 9.73. The van der Waals surface area contributed by atoms with Crippen molar-refractivity contribution in [3.8, 4) is 23.3 Å². The number of nitrogens with zero attached hydrogens (tertiary/aromatic N) is 1. The minimum Gasteiger partial charge on any atom is -0.456 e. The van der Waals surface area contributed by atoms with Gasteiger partial charge in [-0.15, -0.1) is 0 Å². The van der Waals surface area contributed by atoms with E-state index in [1.165, 1.54) is 13.0 Å². The molecule has 2 aromatic rings. The highest BCUT2D eigenvalue weighted by molar-refractivity contribution is 6.30. The lowest BCUT2D eigenvalue weighted by molar-refractivity contribution is -0.141. The number of alkyl halides is 3. The molecule has 2 unspecified atom stereocenters. The summed E-state index contributed by atoms with van der Waals surface area (Å²) < 4.78 is 49.7. The van der Waals surface area contributed by atoms with E-state index >= 15 is 0 Å². The molecule has 2 aromatic carbocycles. The van der Waals surface area contributed by atoms with Crippen molar-refractivity contribution in [1.29, 1.82) is 5.26 Å². The number of esters is 1. The summed E-state index contributed by atoms with van der Waals surface area (Å²) >= 11 is 5.38. The molecule has 0 radical (unpaired) electrons. The summed E-state index contributed by atoms with van der Waals surface area (Å²) in [5.41, 5.74) is -2.07. The van der Waals surface area contributed by atoms with Crippen molar-refractivity contribution in [2.24, 2.45) is 16.7 Å². The molecule has 0 bridgehead atoms. The monoisotopic (exact) mass is 449 g/mol. The molecule has 3 rings (SSSR count). The van der Waals surface area contributed by atoms with Gasteiger partial charge in [0, 0.05) is 5.92 Å². The Bertz CT molecular complexity index is 1070. The van der Waals surface area contributed by atoms with Gasteiger partial charge >= 0.3 is 12.1 Å². The average molecular weight is 450 g/mol. The number of nitriles is 1. The molecule has 1 aliphatic carbocycles. The van der Waals surface area contributed by atoms with Crippen molar-refractivity contribution in [1.82, 2.24) is 0 Å². The molecule has 4 nitrogen and oxygen atoms in total. The largest absolute Gasteiger partial charge is 0.456 e. The fourth-order valence-corrected chi connectivity index (χ4v) is 3.77. The van der Waals surface area contributed by atoms with Gasteiger partial charge in [-0.1, -0.05) is 55.8 Å². The van der Waals surface area contributed by atoms with E-state index in [0.29, 0.717) is 5.75 Å². The molecule has 0 N–H and O–H groups in total. The molecule has 1 aliphatic rings.